The largest absolute Gasteiger partial charge is 0.338 e. The number of carbonyl (C=O) groups is 2. The van der Waals surface area contributed by atoms with E-state index >= 15 is 0 Å². The summed E-state index contributed by atoms with van der Waals surface area (Å²) in [4.78, 5) is 25.3. The van der Waals surface area contributed by atoms with Crippen LogP contribution in [-0.4, -0.2) is 30.3 Å². The Morgan fingerprint density at radius 2 is 1.79 bits per heavy atom. The molecule has 0 aromatic heterocycles. The Morgan fingerprint density at radius 1 is 1.21 bits per heavy atom. The number of carbonyl (C=O) groups excluding carboxylic acids is 2. The molecule has 0 aliphatic rings. The Bertz CT molecular complexity index is 449. The van der Waals surface area contributed by atoms with Crippen LogP contribution in [0, 0.1) is 13.8 Å². The van der Waals surface area contributed by atoms with Crippen molar-refractivity contribution in [1.82, 2.24) is 4.90 Å². The average molecular weight is 262 g/mol. The summed E-state index contributed by atoms with van der Waals surface area (Å²) < 4.78 is 0. The van der Waals surface area contributed by atoms with Crippen LogP contribution >= 0.6 is 0 Å². The number of likely N-dealkylation sites (N-methyl/N-ethyl adjacent to an activating group) is 1. The Hall–Kier alpha value is -1.84. The summed E-state index contributed by atoms with van der Waals surface area (Å²) in [5, 5.41) is 2.71. The molecule has 0 unspecified atom stereocenters. The van der Waals surface area contributed by atoms with Crippen LogP contribution in [0.4, 0.5) is 5.69 Å². The van der Waals surface area contributed by atoms with Gasteiger partial charge in [0.1, 0.15) is 0 Å². The van der Waals surface area contributed by atoms with E-state index in [2.05, 4.69) is 12.2 Å². The van der Waals surface area contributed by atoms with E-state index in [1.54, 1.807) is 7.05 Å². The number of amides is 2. The minimum absolute atomic E-state index is 0.490. The minimum Gasteiger partial charge on any atom is -0.338 e. The van der Waals surface area contributed by atoms with Gasteiger partial charge in [0, 0.05) is 19.3 Å². The van der Waals surface area contributed by atoms with E-state index in [-0.39, 0.29) is 0 Å². The molecule has 0 aliphatic heterocycles. The number of unbranched alkanes of at least 4 members (excludes halogenated alkanes) is 1. The number of para-hydroxylation sites is 1. The highest BCUT2D eigenvalue weighted by molar-refractivity contribution is 6.39. The lowest BCUT2D eigenvalue weighted by Crippen LogP contribution is -2.37. The number of rotatable bonds is 4. The third kappa shape index (κ3) is 4.09. The van der Waals surface area contributed by atoms with Gasteiger partial charge in [-0.15, -0.1) is 0 Å². The monoisotopic (exact) mass is 262 g/mol. The number of hydrogen-bond donors (Lipinski definition) is 1. The molecule has 0 radical (unpaired) electrons. The SMILES string of the molecule is CCCCN(C)C(=O)C(=O)Nc1c(C)cccc1C. The third-order valence-corrected chi connectivity index (χ3v) is 3.11. The Kier molecular flexibility index (Phi) is 5.55. The fourth-order valence-corrected chi connectivity index (χ4v) is 1.85. The molecule has 0 heterocycles. The van der Waals surface area contributed by atoms with Gasteiger partial charge in [-0.2, -0.15) is 0 Å². The molecule has 1 aromatic rings. The van der Waals surface area contributed by atoms with Crippen molar-refractivity contribution in [3.05, 3.63) is 29.3 Å². The molecule has 0 bridgehead atoms. The average Bonchev–Trinajstić information content (AvgIpc) is 2.39. The van der Waals surface area contributed by atoms with Crippen molar-refractivity contribution in [2.45, 2.75) is 33.6 Å². The molecular formula is C15H22N2O2. The van der Waals surface area contributed by atoms with E-state index in [1.807, 2.05) is 32.0 Å². The molecule has 1 rings (SSSR count). The number of nitrogens with one attached hydrogen (secondary N) is 1. The Morgan fingerprint density at radius 3 is 2.32 bits per heavy atom. The first kappa shape index (κ1) is 15.2. The molecule has 0 aliphatic carbocycles. The normalized spacial score (nSPS) is 10.1. The van der Waals surface area contributed by atoms with Gasteiger partial charge in [-0.25, -0.2) is 0 Å². The van der Waals surface area contributed by atoms with Gasteiger partial charge in [-0.3, -0.25) is 9.59 Å². The van der Waals surface area contributed by atoms with Crippen molar-refractivity contribution in [2.75, 3.05) is 18.9 Å². The highest BCUT2D eigenvalue weighted by Gasteiger charge is 2.19. The van der Waals surface area contributed by atoms with E-state index in [9.17, 15) is 9.59 Å². The first-order chi connectivity index (χ1) is 8.97. The van der Waals surface area contributed by atoms with Gasteiger partial charge in [-0.1, -0.05) is 31.5 Å². The molecule has 4 heteroatoms. The fraction of sp³-hybridized carbons (Fsp3) is 0.467. The Balaban J connectivity index is 2.72. The summed E-state index contributed by atoms with van der Waals surface area (Å²) in [5.74, 6) is -1.06. The molecule has 4 nitrogen and oxygen atoms in total. The molecule has 19 heavy (non-hydrogen) atoms. The van der Waals surface area contributed by atoms with Crippen molar-refractivity contribution >= 4 is 17.5 Å². The quantitative estimate of drug-likeness (QED) is 0.848. The number of hydrogen-bond acceptors (Lipinski definition) is 2. The van der Waals surface area contributed by atoms with E-state index in [0.717, 1.165) is 29.7 Å². The fourth-order valence-electron chi connectivity index (χ4n) is 1.85. The van der Waals surface area contributed by atoms with Gasteiger partial charge in [0.05, 0.1) is 0 Å². The number of aryl methyl sites for hydroxylation is 2. The molecule has 0 saturated carbocycles. The molecular weight excluding hydrogens is 240 g/mol. The standard InChI is InChI=1S/C15H22N2O2/c1-5-6-10-17(4)15(19)14(18)16-13-11(2)8-7-9-12(13)3/h7-9H,5-6,10H2,1-4H3,(H,16,18). The number of anilines is 1. The van der Waals surface area contributed by atoms with Gasteiger partial charge < -0.3 is 10.2 Å². The highest BCUT2D eigenvalue weighted by Crippen LogP contribution is 2.19. The van der Waals surface area contributed by atoms with Gasteiger partial charge in [0.25, 0.3) is 0 Å². The van der Waals surface area contributed by atoms with Crippen molar-refractivity contribution < 1.29 is 9.59 Å². The Labute approximate surface area is 114 Å². The predicted octanol–water partition coefficient (Wildman–Crippen LogP) is 2.50. The van der Waals surface area contributed by atoms with Gasteiger partial charge in [0.2, 0.25) is 0 Å². The van der Waals surface area contributed by atoms with Crippen molar-refractivity contribution in [2.24, 2.45) is 0 Å². The van der Waals surface area contributed by atoms with Crippen LogP contribution in [0.5, 0.6) is 0 Å². The van der Waals surface area contributed by atoms with Crippen LogP contribution in [-0.2, 0) is 9.59 Å². The molecule has 0 spiro atoms. The smallest absolute Gasteiger partial charge is 0.313 e. The lowest BCUT2D eigenvalue weighted by molar-refractivity contribution is -0.142. The second-order valence-corrected chi connectivity index (χ2v) is 4.80. The maximum Gasteiger partial charge on any atom is 0.313 e. The minimum atomic E-state index is -0.573. The van der Waals surface area contributed by atoms with Crippen molar-refractivity contribution in [3.8, 4) is 0 Å². The van der Waals surface area contributed by atoms with Crippen LogP contribution in [0.15, 0.2) is 18.2 Å². The summed E-state index contributed by atoms with van der Waals surface area (Å²) in [6.45, 7) is 6.48. The summed E-state index contributed by atoms with van der Waals surface area (Å²) >= 11 is 0. The van der Waals surface area contributed by atoms with Crippen LogP contribution in [0.25, 0.3) is 0 Å². The topological polar surface area (TPSA) is 49.4 Å². The second kappa shape index (κ2) is 6.92. The van der Waals surface area contributed by atoms with Gasteiger partial charge in [0.15, 0.2) is 0 Å². The molecule has 0 saturated heterocycles. The lowest BCUT2D eigenvalue weighted by atomic mass is 10.1. The van der Waals surface area contributed by atoms with Crippen LogP contribution in [0.1, 0.15) is 30.9 Å². The molecule has 0 atom stereocenters. The maximum atomic E-state index is 11.9. The molecule has 2 amide bonds. The van der Waals surface area contributed by atoms with Crippen LogP contribution in [0.2, 0.25) is 0 Å². The van der Waals surface area contributed by atoms with E-state index in [0.29, 0.717) is 6.54 Å². The summed E-state index contributed by atoms with van der Waals surface area (Å²) in [5.41, 5.74) is 2.64. The van der Waals surface area contributed by atoms with Crippen molar-refractivity contribution in [1.29, 1.82) is 0 Å². The molecule has 1 aromatic carbocycles. The second-order valence-electron chi connectivity index (χ2n) is 4.80. The maximum absolute atomic E-state index is 11.9. The van der Waals surface area contributed by atoms with Crippen molar-refractivity contribution in [3.63, 3.8) is 0 Å². The first-order valence-corrected chi connectivity index (χ1v) is 6.60. The number of nitrogens with zero attached hydrogens (tertiary/aromatic N) is 1. The van der Waals surface area contributed by atoms with E-state index in [1.165, 1.54) is 4.90 Å². The highest BCUT2D eigenvalue weighted by atomic mass is 16.2. The van der Waals surface area contributed by atoms with Crippen LogP contribution in [0.3, 0.4) is 0 Å². The predicted molar refractivity (Wildman–Crippen MR) is 77.1 cm³/mol. The molecule has 0 fully saturated rings. The van der Waals surface area contributed by atoms with Gasteiger partial charge >= 0.3 is 11.8 Å². The summed E-state index contributed by atoms with van der Waals surface area (Å²) in [7, 11) is 1.66. The zero-order valence-electron chi connectivity index (χ0n) is 12.1. The van der Waals surface area contributed by atoms with Gasteiger partial charge in [-0.05, 0) is 31.4 Å². The molecule has 1 N–H and O–H groups in total. The zero-order chi connectivity index (χ0) is 14.4. The number of benzene rings is 1. The summed E-state index contributed by atoms with van der Waals surface area (Å²) in [6, 6.07) is 5.75. The first-order valence-electron chi connectivity index (χ1n) is 6.60. The molecule has 104 valence electrons. The zero-order valence-corrected chi connectivity index (χ0v) is 12.1. The van der Waals surface area contributed by atoms with E-state index in [4.69, 9.17) is 0 Å². The third-order valence-electron chi connectivity index (χ3n) is 3.11. The summed E-state index contributed by atoms with van der Waals surface area (Å²) in [6.07, 6.45) is 1.90. The van der Waals surface area contributed by atoms with E-state index < -0.39 is 11.8 Å². The van der Waals surface area contributed by atoms with Crippen LogP contribution < -0.4 is 5.32 Å². The lowest BCUT2D eigenvalue weighted by Gasteiger charge is -2.17.